The molecule has 2 aromatic carbocycles. The Kier molecular flexibility index (Phi) is 5.43. The van der Waals surface area contributed by atoms with E-state index < -0.39 is 0 Å². The van der Waals surface area contributed by atoms with Gasteiger partial charge in [0.05, 0.1) is 22.4 Å². The number of rotatable bonds is 6. The van der Waals surface area contributed by atoms with Crippen molar-refractivity contribution < 1.29 is 13.9 Å². The van der Waals surface area contributed by atoms with E-state index in [0.717, 1.165) is 34.6 Å². The third kappa shape index (κ3) is 3.94. The third-order valence-corrected chi connectivity index (χ3v) is 5.87. The maximum absolute atomic E-state index is 13.4. The van der Waals surface area contributed by atoms with Gasteiger partial charge in [0.2, 0.25) is 0 Å². The van der Waals surface area contributed by atoms with Crippen LogP contribution < -0.4 is 15.4 Å². The SMILES string of the molecule is CCOc1ccccc1C(=O)N[C@H]1CCC[C@H]1Nc1nc2ccc(F)cc2s1. The molecule has 4 rings (SSSR count). The molecule has 0 radical (unpaired) electrons. The largest absolute Gasteiger partial charge is 0.493 e. The number of carbonyl (C=O) groups excluding carboxylic acids is 1. The van der Waals surface area contributed by atoms with Crippen LogP contribution in [-0.2, 0) is 0 Å². The number of ether oxygens (including phenoxy) is 1. The van der Waals surface area contributed by atoms with Crippen molar-refractivity contribution in [1.29, 1.82) is 0 Å². The average Bonchev–Trinajstić information content (AvgIpc) is 3.28. The molecule has 28 heavy (non-hydrogen) atoms. The summed E-state index contributed by atoms with van der Waals surface area (Å²) in [4.78, 5) is 17.3. The van der Waals surface area contributed by atoms with Crippen LogP contribution in [0.3, 0.4) is 0 Å². The van der Waals surface area contributed by atoms with Crippen LogP contribution in [0.1, 0.15) is 36.5 Å². The number of hydrogen-bond donors (Lipinski definition) is 2. The fourth-order valence-electron chi connectivity index (χ4n) is 3.61. The van der Waals surface area contributed by atoms with Crippen molar-refractivity contribution >= 4 is 32.6 Å². The van der Waals surface area contributed by atoms with E-state index in [-0.39, 0.29) is 23.8 Å². The van der Waals surface area contributed by atoms with Gasteiger partial charge in [0, 0.05) is 12.1 Å². The van der Waals surface area contributed by atoms with Crippen LogP contribution in [0.4, 0.5) is 9.52 Å². The number of hydrogen-bond acceptors (Lipinski definition) is 5. The van der Waals surface area contributed by atoms with Gasteiger partial charge in [-0.1, -0.05) is 23.5 Å². The van der Waals surface area contributed by atoms with Gasteiger partial charge in [0.15, 0.2) is 5.13 Å². The first kappa shape index (κ1) is 18.7. The standard InChI is InChI=1S/C21H22FN3O2S/c1-2-27-18-9-4-3-6-14(18)20(26)23-15-7-5-8-16(15)24-21-25-17-11-10-13(22)12-19(17)28-21/h3-4,6,9-12,15-16H,2,5,7-8H2,1H3,(H,23,26)(H,24,25)/t15-,16+/m0/s1. The molecule has 5 nitrogen and oxygen atoms in total. The lowest BCUT2D eigenvalue weighted by molar-refractivity contribution is 0.0932. The minimum Gasteiger partial charge on any atom is -0.493 e. The molecule has 1 saturated carbocycles. The molecule has 1 amide bonds. The van der Waals surface area contributed by atoms with Gasteiger partial charge in [0.1, 0.15) is 11.6 Å². The first-order valence-corrected chi connectivity index (χ1v) is 10.3. The number of nitrogens with one attached hydrogen (secondary N) is 2. The molecule has 146 valence electrons. The normalized spacial score (nSPS) is 18.9. The van der Waals surface area contributed by atoms with E-state index in [1.807, 2.05) is 25.1 Å². The highest BCUT2D eigenvalue weighted by Crippen LogP contribution is 2.30. The van der Waals surface area contributed by atoms with Crippen LogP contribution in [0, 0.1) is 5.82 Å². The van der Waals surface area contributed by atoms with E-state index in [1.54, 1.807) is 12.1 Å². The predicted molar refractivity (Wildman–Crippen MR) is 110 cm³/mol. The van der Waals surface area contributed by atoms with Gasteiger partial charge >= 0.3 is 0 Å². The summed E-state index contributed by atoms with van der Waals surface area (Å²) in [5, 5.41) is 7.33. The molecule has 2 N–H and O–H groups in total. The monoisotopic (exact) mass is 399 g/mol. The Morgan fingerprint density at radius 1 is 1.25 bits per heavy atom. The molecule has 2 atom stereocenters. The Balaban J connectivity index is 1.46. The number of halogens is 1. The summed E-state index contributed by atoms with van der Waals surface area (Å²) in [5.41, 5.74) is 1.32. The lowest BCUT2D eigenvalue weighted by atomic mass is 10.1. The zero-order chi connectivity index (χ0) is 19.5. The average molecular weight is 399 g/mol. The Bertz CT molecular complexity index is 991. The number of para-hydroxylation sites is 1. The summed E-state index contributed by atoms with van der Waals surface area (Å²) in [6.45, 7) is 2.41. The number of fused-ring (bicyclic) bond motifs is 1. The quantitative estimate of drug-likeness (QED) is 0.636. The smallest absolute Gasteiger partial charge is 0.255 e. The Morgan fingerprint density at radius 2 is 2.07 bits per heavy atom. The molecule has 0 unspecified atom stereocenters. The van der Waals surface area contributed by atoms with Crippen LogP contribution in [0.2, 0.25) is 0 Å². The first-order chi connectivity index (χ1) is 13.6. The Morgan fingerprint density at radius 3 is 2.93 bits per heavy atom. The van der Waals surface area contributed by atoms with Crippen molar-refractivity contribution in [2.24, 2.45) is 0 Å². The van der Waals surface area contributed by atoms with E-state index in [4.69, 9.17) is 4.74 Å². The van der Waals surface area contributed by atoms with E-state index >= 15 is 0 Å². The number of benzene rings is 2. The van der Waals surface area contributed by atoms with Gasteiger partial charge in [0.25, 0.3) is 5.91 Å². The number of amides is 1. The molecule has 3 aromatic rings. The molecule has 1 aliphatic carbocycles. The zero-order valence-electron chi connectivity index (χ0n) is 15.6. The summed E-state index contributed by atoms with van der Waals surface area (Å²) >= 11 is 1.43. The molecular weight excluding hydrogens is 377 g/mol. The highest BCUT2D eigenvalue weighted by molar-refractivity contribution is 7.22. The summed E-state index contributed by atoms with van der Waals surface area (Å²) in [7, 11) is 0. The van der Waals surface area contributed by atoms with Crippen molar-refractivity contribution in [2.45, 2.75) is 38.3 Å². The van der Waals surface area contributed by atoms with Crippen molar-refractivity contribution in [3.05, 3.63) is 53.8 Å². The van der Waals surface area contributed by atoms with Crippen LogP contribution in [0.5, 0.6) is 5.75 Å². The summed E-state index contributed by atoms with van der Waals surface area (Å²) in [5.74, 6) is 0.203. The van der Waals surface area contributed by atoms with Gasteiger partial charge in [-0.3, -0.25) is 4.79 Å². The fraction of sp³-hybridized carbons (Fsp3) is 0.333. The molecule has 1 fully saturated rings. The second kappa shape index (κ2) is 8.14. The molecule has 1 aromatic heterocycles. The number of carbonyl (C=O) groups is 1. The highest BCUT2D eigenvalue weighted by atomic mass is 32.1. The van der Waals surface area contributed by atoms with Crippen molar-refractivity contribution in [1.82, 2.24) is 10.3 Å². The number of aromatic nitrogens is 1. The maximum atomic E-state index is 13.4. The number of nitrogens with zero attached hydrogens (tertiary/aromatic N) is 1. The lowest BCUT2D eigenvalue weighted by Gasteiger charge is -2.22. The molecular formula is C21H22FN3O2S. The molecule has 0 aliphatic heterocycles. The van der Waals surface area contributed by atoms with Gasteiger partial charge in [-0.25, -0.2) is 9.37 Å². The molecule has 0 spiro atoms. The molecule has 0 bridgehead atoms. The Labute approximate surface area is 166 Å². The summed E-state index contributed by atoms with van der Waals surface area (Å²) in [6.07, 6.45) is 2.87. The Hall–Kier alpha value is -2.67. The third-order valence-electron chi connectivity index (χ3n) is 4.92. The van der Waals surface area contributed by atoms with Gasteiger partial charge < -0.3 is 15.4 Å². The molecule has 7 heteroatoms. The van der Waals surface area contributed by atoms with Crippen LogP contribution in [-0.4, -0.2) is 29.6 Å². The van der Waals surface area contributed by atoms with Crippen molar-refractivity contribution in [3.63, 3.8) is 0 Å². The zero-order valence-corrected chi connectivity index (χ0v) is 16.4. The number of thiazole rings is 1. The topological polar surface area (TPSA) is 63.2 Å². The lowest BCUT2D eigenvalue weighted by Crippen LogP contribution is -2.43. The molecule has 0 saturated heterocycles. The van der Waals surface area contributed by atoms with Crippen LogP contribution in [0.25, 0.3) is 10.2 Å². The van der Waals surface area contributed by atoms with E-state index in [9.17, 15) is 9.18 Å². The van der Waals surface area contributed by atoms with E-state index in [1.165, 1.54) is 23.5 Å². The highest BCUT2D eigenvalue weighted by Gasteiger charge is 2.30. The predicted octanol–water partition coefficient (Wildman–Crippen LogP) is 4.60. The second-order valence-electron chi connectivity index (χ2n) is 6.82. The maximum Gasteiger partial charge on any atom is 0.255 e. The van der Waals surface area contributed by atoms with Crippen molar-refractivity contribution in [3.8, 4) is 5.75 Å². The second-order valence-corrected chi connectivity index (χ2v) is 7.85. The van der Waals surface area contributed by atoms with E-state index in [2.05, 4.69) is 15.6 Å². The van der Waals surface area contributed by atoms with Gasteiger partial charge in [-0.2, -0.15) is 0 Å². The minimum absolute atomic E-state index is 0.00549. The minimum atomic E-state index is -0.262. The molecule has 1 heterocycles. The van der Waals surface area contributed by atoms with Crippen LogP contribution in [0.15, 0.2) is 42.5 Å². The van der Waals surface area contributed by atoms with E-state index in [0.29, 0.717) is 17.9 Å². The fourth-order valence-corrected chi connectivity index (χ4v) is 4.56. The van der Waals surface area contributed by atoms with Crippen molar-refractivity contribution in [2.75, 3.05) is 11.9 Å². The molecule has 1 aliphatic rings. The van der Waals surface area contributed by atoms with Gasteiger partial charge in [-0.15, -0.1) is 0 Å². The van der Waals surface area contributed by atoms with Crippen LogP contribution >= 0.6 is 11.3 Å². The first-order valence-electron chi connectivity index (χ1n) is 9.49. The summed E-state index contributed by atoms with van der Waals surface area (Å²) in [6, 6.07) is 12.0. The number of anilines is 1. The van der Waals surface area contributed by atoms with Gasteiger partial charge in [-0.05, 0) is 56.5 Å². The summed E-state index contributed by atoms with van der Waals surface area (Å²) < 4.78 is 19.8.